The number of carboxylic acids is 1. The van der Waals surface area contributed by atoms with Gasteiger partial charge in [0.05, 0.1) is 0 Å². The second-order valence-electron chi connectivity index (χ2n) is 2.06. The van der Waals surface area contributed by atoms with Gasteiger partial charge in [0.1, 0.15) is 7.45 Å². The van der Waals surface area contributed by atoms with E-state index in [2.05, 4.69) is 0 Å². The van der Waals surface area contributed by atoms with E-state index in [9.17, 15) is 4.79 Å². The summed E-state index contributed by atoms with van der Waals surface area (Å²) in [6.45, 7) is 3.50. The zero-order chi connectivity index (χ0) is 7.44. The molecule has 0 aromatic carbocycles. The van der Waals surface area contributed by atoms with Gasteiger partial charge >= 0.3 is 5.97 Å². The molecule has 1 atom stereocenters. The molecular formula is C5H11NO2. The van der Waals surface area contributed by atoms with Crippen molar-refractivity contribution in [2.75, 3.05) is 0 Å². The van der Waals surface area contributed by atoms with Crippen LogP contribution in [0.5, 0.6) is 0 Å². The molecule has 0 spiro atoms. The van der Waals surface area contributed by atoms with Gasteiger partial charge in [0.25, 0.3) is 0 Å². The molecule has 0 aliphatic heterocycles. The topological polar surface area (TPSA) is 63.3 Å². The van der Waals surface area contributed by atoms with Gasteiger partial charge in [0, 0.05) is 0 Å². The van der Waals surface area contributed by atoms with Crippen molar-refractivity contribution < 1.29 is 11.3 Å². The Kier molecular flexibility index (Phi) is 1.86. The molecule has 0 heterocycles. The monoisotopic (exact) mass is 118 g/mol. The Morgan fingerprint density at radius 3 is 2.38 bits per heavy atom. The van der Waals surface area contributed by atoms with Gasteiger partial charge in [-0.15, -0.1) is 0 Å². The van der Waals surface area contributed by atoms with Crippen LogP contribution in [0.4, 0.5) is 0 Å². The Bertz CT molecular complexity index is 105. The van der Waals surface area contributed by atoms with Crippen molar-refractivity contribution in [3.8, 4) is 0 Å². The van der Waals surface area contributed by atoms with Gasteiger partial charge in [-0.05, 0) is 5.92 Å². The maximum absolute atomic E-state index is 10.2. The SMILES string of the molecule is [2H]N[C@H](C(=O)O)C(C)C. The lowest BCUT2D eigenvalue weighted by molar-refractivity contribution is -0.139. The van der Waals surface area contributed by atoms with Gasteiger partial charge in [0.15, 0.2) is 0 Å². The summed E-state index contributed by atoms with van der Waals surface area (Å²) in [5.41, 5.74) is 1.95. The largest absolute Gasteiger partial charge is 0.480 e. The highest BCUT2D eigenvalue weighted by atomic mass is 16.4. The molecule has 0 aliphatic carbocycles. The smallest absolute Gasteiger partial charge is 0.320 e. The fourth-order valence-electron chi connectivity index (χ4n) is 0.285. The van der Waals surface area contributed by atoms with Crippen molar-refractivity contribution in [2.45, 2.75) is 19.9 Å². The van der Waals surface area contributed by atoms with Crippen molar-refractivity contribution >= 4 is 5.97 Å². The van der Waals surface area contributed by atoms with Crippen LogP contribution in [-0.2, 0) is 4.79 Å². The van der Waals surface area contributed by atoms with Crippen LogP contribution < -0.4 is 5.73 Å². The van der Waals surface area contributed by atoms with E-state index in [1.807, 2.05) is 5.73 Å². The van der Waals surface area contributed by atoms with Crippen LogP contribution in [0, 0.1) is 5.92 Å². The first-order chi connectivity index (χ1) is 4.09. The van der Waals surface area contributed by atoms with Gasteiger partial charge in [-0.25, -0.2) is 0 Å². The Hall–Kier alpha value is -0.570. The maximum atomic E-state index is 10.2. The molecule has 0 aromatic heterocycles. The summed E-state index contributed by atoms with van der Waals surface area (Å²) >= 11 is 0. The summed E-state index contributed by atoms with van der Waals surface area (Å²) in [4.78, 5) is 10.2. The molecule has 0 fully saturated rings. The zero-order valence-corrected chi connectivity index (χ0v) is 5.01. The van der Waals surface area contributed by atoms with Crippen LogP contribution in [-0.4, -0.2) is 17.1 Å². The normalized spacial score (nSPS) is 15.6. The molecular weight excluding hydrogens is 106 g/mol. The highest BCUT2D eigenvalue weighted by Gasteiger charge is 2.14. The number of hydrogen-bond donors (Lipinski definition) is 2. The Labute approximate surface area is 50.0 Å². The van der Waals surface area contributed by atoms with E-state index in [1.165, 1.54) is 0 Å². The van der Waals surface area contributed by atoms with Crippen molar-refractivity contribution in [1.29, 1.82) is 0 Å². The Morgan fingerprint density at radius 1 is 1.88 bits per heavy atom. The minimum atomic E-state index is -0.972. The van der Waals surface area contributed by atoms with E-state index in [0.717, 1.165) is 0 Å². The Balaban J connectivity index is 3.83. The summed E-state index contributed by atoms with van der Waals surface area (Å²) < 4.78 is 6.59. The van der Waals surface area contributed by atoms with Crippen molar-refractivity contribution in [1.82, 2.24) is 0 Å². The summed E-state index contributed by atoms with van der Waals surface area (Å²) in [5, 5.41) is 8.36. The lowest BCUT2D eigenvalue weighted by Gasteiger charge is -2.07. The first-order valence-corrected chi connectivity index (χ1v) is 2.49. The molecule has 0 unspecified atom stereocenters. The molecule has 0 saturated carbocycles. The van der Waals surface area contributed by atoms with Gasteiger partial charge in [0.2, 0.25) is 0 Å². The highest BCUT2D eigenvalue weighted by Crippen LogP contribution is 1.96. The first kappa shape index (κ1) is 5.56. The molecule has 0 rings (SSSR count). The summed E-state index contributed by atoms with van der Waals surface area (Å²) in [6, 6.07) is -0.745. The third-order valence-electron chi connectivity index (χ3n) is 0.933. The Morgan fingerprint density at radius 2 is 2.38 bits per heavy atom. The third kappa shape index (κ3) is 1.93. The van der Waals surface area contributed by atoms with Gasteiger partial charge in [-0.2, -0.15) is 0 Å². The molecule has 3 heteroatoms. The molecule has 0 saturated heterocycles. The van der Waals surface area contributed by atoms with Crippen LogP contribution in [0.2, 0.25) is 1.41 Å². The van der Waals surface area contributed by atoms with Crippen molar-refractivity contribution in [3.63, 3.8) is 0 Å². The second kappa shape index (κ2) is 2.67. The van der Waals surface area contributed by atoms with E-state index in [4.69, 9.17) is 6.52 Å². The van der Waals surface area contributed by atoms with Gasteiger partial charge in [-0.1, -0.05) is 13.8 Å². The summed E-state index contributed by atoms with van der Waals surface area (Å²) in [7, 11) is 0. The molecule has 48 valence electrons. The van der Waals surface area contributed by atoms with Crippen LogP contribution in [0.15, 0.2) is 0 Å². The van der Waals surface area contributed by atoms with Gasteiger partial charge < -0.3 is 10.8 Å². The number of rotatable bonds is 3. The van der Waals surface area contributed by atoms with Crippen LogP contribution in [0.3, 0.4) is 0 Å². The first-order valence-electron chi connectivity index (χ1n) is 2.99. The molecule has 8 heavy (non-hydrogen) atoms. The number of nitrogens with two attached hydrogens (primary N) is 1. The summed E-state index contributed by atoms with van der Waals surface area (Å²) in [6.07, 6.45) is 0. The molecule has 0 bridgehead atoms. The van der Waals surface area contributed by atoms with E-state index in [1.54, 1.807) is 13.8 Å². The van der Waals surface area contributed by atoms with Crippen LogP contribution >= 0.6 is 0 Å². The number of carboxylic acid groups (broad SMARTS) is 1. The molecule has 0 aliphatic rings. The maximum Gasteiger partial charge on any atom is 0.320 e. The third-order valence-corrected chi connectivity index (χ3v) is 0.933. The number of carbonyl (C=O) groups is 1. The molecule has 0 radical (unpaired) electrons. The molecule has 0 aromatic rings. The number of hydrogen-bond acceptors (Lipinski definition) is 2. The number of aliphatic carboxylic acids is 1. The minimum Gasteiger partial charge on any atom is -0.480 e. The quantitative estimate of drug-likeness (QED) is 0.550. The second-order valence-corrected chi connectivity index (χ2v) is 2.06. The lowest BCUT2D eigenvalue weighted by Crippen LogP contribution is -2.34. The van der Waals surface area contributed by atoms with E-state index >= 15 is 0 Å². The van der Waals surface area contributed by atoms with E-state index in [0.29, 0.717) is 0 Å². The zero-order valence-electron chi connectivity index (χ0n) is 6.01. The molecule has 3 N–H and O–H groups in total. The standard InChI is InChI=1S/C5H11NO2/c1-3(2)4(6)5(7)8/h3-4H,6H2,1-2H3,(H,7,8)/t4-/m0/s1/i/hD. The average Bonchev–Trinajstić information content (AvgIpc) is 1.64. The van der Waals surface area contributed by atoms with Gasteiger partial charge in [-0.3, -0.25) is 4.79 Å². The van der Waals surface area contributed by atoms with E-state index in [-0.39, 0.29) is 5.92 Å². The molecule has 3 nitrogen and oxygen atoms in total. The van der Waals surface area contributed by atoms with Crippen molar-refractivity contribution in [3.05, 3.63) is 0 Å². The van der Waals surface area contributed by atoms with Crippen LogP contribution in [0.1, 0.15) is 13.8 Å². The average molecular weight is 118 g/mol. The predicted octanol–water partition coefficient (Wildman–Crippen LogP) is 0.0543. The molecule has 0 amide bonds. The fraction of sp³-hybridized carbons (Fsp3) is 0.800. The van der Waals surface area contributed by atoms with Crippen molar-refractivity contribution in [2.24, 2.45) is 11.6 Å². The van der Waals surface area contributed by atoms with Crippen LogP contribution in [0.25, 0.3) is 0 Å². The summed E-state index contributed by atoms with van der Waals surface area (Å²) in [5.74, 6) is -1.01. The van der Waals surface area contributed by atoms with E-state index < -0.39 is 12.0 Å². The fourth-order valence-corrected chi connectivity index (χ4v) is 0.285. The highest BCUT2D eigenvalue weighted by molar-refractivity contribution is 5.73. The predicted molar refractivity (Wildman–Crippen MR) is 30.4 cm³/mol. The minimum absolute atomic E-state index is 0.0417. The lowest BCUT2D eigenvalue weighted by atomic mass is 10.1.